The molecule has 4 N–H and O–H groups in total. The zero-order valence-electron chi connectivity index (χ0n) is 16.4. The van der Waals surface area contributed by atoms with Crippen LogP contribution in [0, 0.1) is 11.8 Å². The molecular weight excluding hydrogens is 322 g/mol. The lowest BCUT2D eigenvalue weighted by Crippen LogP contribution is -2.61. The summed E-state index contributed by atoms with van der Waals surface area (Å²) in [6.45, 7) is 5.49. The Bertz CT molecular complexity index is 540. The van der Waals surface area contributed by atoms with Crippen LogP contribution in [0.1, 0.15) is 58.3 Å². The van der Waals surface area contributed by atoms with Crippen molar-refractivity contribution in [2.45, 2.75) is 82.0 Å². The van der Waals surface area contributed by atoms with Crippen molar-refractivity contribution in [1.29, 1.82) is 0 Å². The van der Waals surface area contributed by atoms with E-state index in [-0.39, 0.29) is 11.6 Å². The molecule has 1 saturated heterocycles. The SMILES string of the molecule is CC1=CC(N)(C2CCN(C3CCC(OCC4CC4)CC3)CC2)C(N)C=C1. The number of nitrogens with zero attached hydrogens (tertiary/aromatic N) is 1. The van der Waals surface area contributed by atoms with Crippen molar-refractivity contribution >= 4 is 0 Å². The summed E-state index contributed by atoms with van der Waals surface area (Å²) in [5.74, 6) is 1.38. The van der Waals surface area contributed by atoms with Gasteiger partial charge in [0.15, 0.2) is 0 Å². The second-order valence-electron chi connectivity index (χ2n) is 9.29. The maximum absolute atomic E-state index is 6.78. The van der Waals surface area contributed by atoms with Crippen LogP contribution in [0.15, 0.2) is 23.8 Å². The minimum absolute atomic E-state index is 0.0539. The summed E-state index contributed by atoms with van der Waals surface area (Å²) < 4.78 is 6.11. The lowest BCUT2D eigenvalue weighted by atomic mass is 9.71. The lowest BCUT2D eigenvalue weighted by molar-refractivity contribution is -0.00446. The van der Waals surface area contributed by atoms with Crippen LogP contribution in [0.2, 0.25) is 0 Å². The van der Waals surface area contributed by atoms with Crippen LogP contribution in [0.4, 0.5) is 0 Å². The standard InChI is InChI=1S/C22H37N3O/c1-16-2-9-21(23)22(24,14-16)18-10-12-25(13-11-18)19-5-7-20(8-6-19)26-15-17-3-4-17/h2,9,14,17-21H,3-8,10-13,15,23-24H2,1H3. The zero-order valence-corrected chi connectivity index (χ0v) is 16.4. The summed E-state index contributed by atoms with van der Waals surface area (Å²) in [4.78, 5) is 2.72. The average molecular weight is 360 g/mol. The molecule has 1 aliphatic heterocycles. The second kappa shape index (κ2) is 7.75. The highest BCUT2D eigenvalue weighted by molar-refractivity contribution is 5.33. The van der Waals surface area contributed by atoms with Crippen molar-refractivity contribution < 1.29 is 4.74 Å². The maximum atomic E-state index is 6.78. The Labute approximate surface area is 159 Å². The fraction of sp³-hybridized carbons (Fsp3) is 0.818. The van der Waals surface area contributed by atoms with Crippen LogP contribution in [-0.4, -0.2) is 48.3 Å². The molecule has 0 aromatic carbocycles. The number of nitrogens with two attached hydrogens (primary N) is 2. The molecule has 4 heteroatoms. The highest BCUT2D eigenvalue weighted by Crippen LogP contribution is 2.36. The van der Waals surface area contributed by atoms with Gasteiger partial charge in [-0.1, -0.05) is 23.8 Å². The van der Waals surface area contributed by atoms with Crippen LogP contribution >= 0.6 is 0 Å². The van der Waals surface area contributed by atoms with E-state index in [0.29, 0.717) is 12.0 Å². The van der Waals surface area contributed by atoms with Gasteiger partial charge in [0, 0.05) is 18.7 Å². The van der Waals surface area contributed by atoms with Gasteiger partial charge in [-0.05, 0) is 83.2 Å². The van der Waals surface area contributed by atoms with E-state index in [1.165, 1.54) is 70.0 Å². The molecule has 4 nitrogen and oxygen atoms in total. The predicted octanol–water partition coefficient (Wildman–Crippen LogP) is 2.98. The average Bonchev–Trinajstić information content (AvgIpc) is 3.48. The van der Waals surface area contributed by atoms with E-state index < -0.39 is 0 Å². The van der Waals surface area contributed by atoms with Gasteiger partial charge in [0.25, 0.3) is 0 Å². The van der Waals surface area contributed by atoms with Crippen molar-refractivity contribution in [2.75, 3.05) is 19.7 Å². The van der Waals surface area contributed by atoms with Gasteiger partial charge in [0.2, 0.25) is 0 Å². The molecular formula is C22H37N3O. The van der Waals surface area contributed by atoms with E-state index >= 15 is 0 Å². The van der Waals surface area contributed by atoms with Crippen LogP contribution in [0.25, 0.3) is 0 Å². The Morgan fingerprint density at radius 3 is 2.42 bits per heavy atom. The molecule has 4 rings (SSSR count). The quantitative estimate of drug-likeness (QED) is 0.792. The molecule has 0 spiro atoms. The Morgan fingerprint density at radius 2 is 1.77 bits per heavy atom. The van der Waals surface area contributed by atoms with E-state index in [9.17, 15) is 0 Å². The van der Waals surface area contributed by atoms with Gasteiger partial charge in [-0.2, -0.15) is 0 Å². The number of ether oxygens (including phenoxy) is 1. The first-order chi connectivity index (χ1) is 12.5. The summed E-state index contributed by atoms with van der Waals surface area (Å²) in [5, 5.41) is 0. The second-order valence-corrected chi connectivity index (χ2v) is 9.29. The topological polar surface area (TPSA) is 64.5 Å². The summed E-state index contributed by atoms with van der Waals surface area (Å²) >= 11 is 0. The highest BCUT2D eigenvalue weighted by atomic mass is 16.5. The number of hydrogen-bond acceptors (Lipinski definition) is 4. The number of piperidine rings is 1. The number of hydrogen-bond donors (Lipinski definition) is 2. The minimum atomic E-state index is -0.362. The van der Waals surface area contributed by atoms with Crippen LogP contribution in [-0.2, 0) is 4.74 Å². The Kier molecular flexibility index (Phi) is 5.56. The van der Waals surface area contributed by atoms with Crippen LogP contribution in [0.3, 0.4) is 0 Å². The van der Waals surface area contributed by atoms with Gasteiger partial charge >= 0.3 is 0 Å². The fourth-order valence-electron chi connectivity index (χ4n) is 5.25. The van der Waals surface area contributed by atoms with Gasteiger partial charge < -0.3 is 21.1 Å². The lowest BCUT2D eigenvalue weighted by Gasteiger charge is -2.47. The number of likely N-dealkylation sites (tertiary alicyclic amines) is 1. The summed E-state index contributed by atoms with van der Waals surface area (Å²) in [6.07, 6.45) is 17.1. The molecule has 2 atom stereocenters. The summed E-state index contributed by atoms with van der Waals surface area (Å²) in [6, 6.07) is 0.699. The van der Waals surface area contributed by atoms with Crippen LogP contribution in [0.5, 0.6) is 0 Å². The first-order valence-corrected chi connectivity index (χ1v) is 10.8. The molecule has 2 saturated carbocycles. The molecule has 146 valence electrons. The van der Waals surface area contributed by atoms with Crippen LogP contribution < -0.4 is 11.5 Å². The molecule has 0 bridgehead atoms. The van der Waals surface area contributed by atoms with Gasteiger partial charge in [0.05, 0.1) is 11.6 Å². The molecule has 3 fully saturated rings. The molecule has 2 unspecified atom stereocenters. The molecule has 0 amide bonds. The van der Waals surface area contributed by atoms with Gasteiger partial charge in [-0.25, -0.2) is 0 Å². The number of rotatable bonds is 5. The van der Waals surface area contributed by atoms with Crippen molar-refractivity contribution in [1.82, 2.24) is 4.90 Å². The van der Waals surface area contributed by atoms with E-state index in [4.69, 9.17) is 16.2 Å². The molecule has 1 heterocycles. The predicted molar refractivity (Wildman–Crippen MR) is 107 cm³/mol. The molecule has 26 heavy (non-hydrogen) atoms. The molecule has 0 aromatic heterocycles. The monoisotopic (exact) mass is 359 g/mol. The molecule has 4 aliphatic rings. The molecule has 3 aliphatic carbocycles. The highest BCUT2D eigenvalue weighted by Gasteiger charge is 2.41. The molecule has 0 radical (unpaired) electrons. The third-order valence-corrected chi connectivity index (χ3v) is 7.28. The third kappa shape index (κ3) is 4.09. The minimum Gasteiger partial charge on any atom is -0.378 e. The van der Waals surface area contributed by atoms with Crippen molar-refractivity contribution in [3.63, 3.8) is 0 Å². The van der Waals surface area contributed by atoms with Crippen molar-refractivity contribution in [3.05, 3.63) is 23.8 Å². The first-order valence-electron chi connectivity index (χ1n) is 10.8. The summed E-state index contributed by atoms with van der Waals surface area (Å²) in [5.41, 5.74) is 14.0. The van der Waals surface area contributed by atoms with Crippen molar-refractivity contribution in [2.24, 2.45) is 23.3 Å². The Morgan fingerprint density at radius 1 is 1.08 bits per heavy atom. The Hall–Kier alpha value is -0.680. The van der Waals surface area contributed by atoms with E-state index in [1.807, 2.05) is 0 Å². The normalized spacial score (nSPS) is 39.8. The summed E-state index contributed by atoms with van der Waals surface area (Å²) in [7, 11) is 0. The van der Waals surface area contributed by atoms with E-state index in [0.717, 1.165) is 18.6 Å². The third-order valence-electron chi connectivity index (χ3n) is 7.28. The van der Waals surface area contributed by atoms with Gasteiger partial charge in [0.1, 0.15) is 0 Å². The Balaban J connectivity index is 1.24. The number of allylic oxidation sites excluding steroid dienone is 2. The van der Waals surface area contributed by atoms with E-state index in [2.05, 4.69) is 30.1 Å². The largest absolute Gasteiger partial charge is 0.378 e. The van der Waals surface area contributed by atoms with Gasteiger partial charge in [-0.3, -0.25) is 0 Å². The van der Waals surface area contributed by atoms with E-state index in [1.54, 1.807) is 0 Å². The zero-order chi connectivity index (χ0) is 18.1. The fourth-order valence-corrected chi connectivity index (χ4v) is 5.25. The molecule has 0 aromatic rings. The first kappa shape index (κ1) is 18.7. The maximum Gasteiger partial charge on any atom is 0.0576 e. The smallest absolute Gasteiger partial charge is 0.0576 e. The van der Waals surface area contributed by atoms with Crippen molar-refractivity contribution in [3.8, 4) is 0 Å². The van der Waals surface area contributed by atoms with Gasteiger partial charge in [-0.15, -0.1) is 0 Å².